The third-order valence-corrected chi connectivity index (χ3v) is 6.93. The smallest absolute Gasteiger partial charge is 0.286 e. The average molecular weight is 416 g/mol. The summed E-state index contributed by atoms with van der Waals surface area (Å²) in [5, 5.41) is 15.9. The van der Waals surface area contributed by atoms with Gasteiger partial charge in [-0.15, -0.1) is 11.3 Å². The Morgan fingerprint density at radius 2 is 2.17 bits per heavy atom. The van der Waals surface area contributed by atoms with Gasteiger partial charge in [-0.2, -0.15) is 0 Å². The lowest BCUT2D eigenvalue weighted by Gasteiger charge is -2.37. The lowest BCUT2D eigenvalue weighted by molar-refractivity contribution is -0.166. The number of fused-ring (bicyclic) bond motifs is 1. The number of hydrogen-bond acceptors (Lipinski definition) is 5. The molecule has 29 heavy (non-hydrogen) atoms. The second-order valence-electron chi connectivity index (χ2n) is 7.82. The monoisotopic (exact) mass is 415 g/mol. The number of carbonyl (C=O) groups excluding carboxylic acids is 1. The van der Waals surface area contributed by atoms with Crippen molar-refractivity contribution in [2.24, 2.45) is 5.92 Å². The van der Waals surface area contributed by atoms with E-state index < -0.39 is 6.29 Å². The third-order valence-electron chi connectivity index (χ3n) is 5.95. The number of amides is 1. The number of rotatable bonds is 8. The standard InChI is InChI=1S/C23H29NO4S/c1-2-27-23-17(10-6-12-25)18(19-14-29-21-11-4-3-9-16(19)21)13-20(28-23)22(26)24-15-7-5-8-15/h3-4,9,11,13-15,17-18,23,25H,2,5-8,10,12H2,1H3,(H,24,26)/t17-,18+,23-/m1/s1. The predicted molar refractivity (Wildman–Crippen MR) is 115 cm³/mol. The summed E-state index contributed by atoms with van der Waals surface area (Å²) in [5.41, 5.74) is 1.20. The van der Waals surface area contributed by atoms with Crippen molar-refractivity contribution >= 4 is 27.3 Å². The van der Waals surface area contributed by atoms with E-state index in [1.165, 1.54) is 22.1 Å². The van der Waals surface area contributed by atoms with Crippen LogP contribution in [0.4, 0.5) is 0 Å². The van der Waals surface area contributed by atoms with Crippen LogP contribution < -0.4 is 5.32 Å². The van der Waals surface area contributed by atoms with Gasteiger partial charge < -0.3 is 19.9 Å². The van der Waals surface area contributed by atoms with Crippen molar-refractivity contribution in [3.63, 3.8) is 0 Å². The van der Waals surface area contributed by atoms with Gasteiger partial charge in [-0.3, -0.25) is 4.79 Å². The number of hydrogen-bond donors (Lipinski definition) is 2. The van der Waals surface area contributed by atoms with E-state index >= 15 is 0 Å². The summed E-state index contributed by atoms with van der Waals surface area (Å²) in [6, 6.07) is 8.61. The zero-order chi connectivity index (χ0) is 20.2. The Labute approximate surface area is 175 Å². The highest BCUT2D eigenvalue weighted by molar-refractivity contribution is 7.17. The highest BCUT2D eigenvalue weighted by Gasteiger charge is 2.39. The van der Waals surface area contributed by atoms with Gasteiger partial charge in [-0.1, -0.05) is 18.2 Å². The van der Waals surface area contributed by atoms with E-state index in [0.29, 0.717) is 18.8 Å². The molecule has 1 amide bonds. The summed E-state index contributed by atoms with van der Waals surface area (Å²) >= 11 is 1.72. The van der Waals surface area contributed by atoms with Gasteiger partial charge in [-0.25, -0.2) is 0 Å². The molecule has 1 aromatic heterocycles. The molecule has 2 aromatic rings. The third kappa shape index (κ3) is 4.34. The van der Waals surface area contributed by atoms with Crippen molar-refractivity contribution in [2.45, 2.75) is 57.3 Å². The van der Waals surface area contributed by atoms with Crippen LogP contribution in [0, 0.1) is 5.92 Å². The van der Waals surface area contributed by atoms with Crippen molar-refractivity contribution < 1.29 is 19.4 Å². The van der Waals surface area contributed by atoms with Crippen LogP contribution in [0.2, 0.25) is 0 Å². The van der Waals surface area contributed by atoms with Gasteiger partial charge in [0, 0.05) is 35.8 Å². The van der Waals surface area contributed by atoms with Crippen molar-refractivity contribution in [1.82, 2.24) is 5.32 Å². The van der Waals surface area contributed by atoms with Gasteiger partial charge >= 0.3 is 0 Å². The molecule has 156 valence electrons. The molecule has 0 bridgehead atoms. The summed E-state index contributed by atoms with van der Waals surface area (Å²) in [5.74, 6) is 0.255. The summed E-state index contributed by atoms with van der Waals surface area (Å²) in [6.45, 7) is 2.58. The van der Waals surface area contributed by atoms with E-state index in [-0.39, 0.29) is 30.4 Å². The van der Waals surface area contributed by atoms with E-state index in [4.69, 9.17) is 9.47 Å². The Kier molecular flexibility index (Phi) is 6.53. The molecular formula is C23H29NO4S. The average Bonchev–Trinajstić information content (AvgIpc) is 3.13. The number of ether oxygens (including phenoxy) is 2. The van der Waals surface area contributed by atoms with Crippen LogP contribution in [-0.4, -0.2) is 36.6 Å². The SMILES string of the molecule is CCO[C@@H]1OC(C(=O)NC2CCC2)=C[C@H](c2csc3ccccc23)[C@H]1CCCO. The maximum atomic E-state index is 12.9. The first kappa shape index (κ1) is 20.4. The molecule has 2 N–H and O–H groups in total. The van der Waals surface area contributed by atoms with Crippen molar-refractivity contribution in [2.75, 3.05) is 13.2 Å². The molecule has 1 aliphatic carbocycles. The molecule has 0 spiro atoms. The fourth-order valence-electron chi connectivity index (χ4n) is 4.19. The number of aliphatic hydroxyl groups is 1. The molecule has 0 radical (unpaired) electrons. The van der Waals surface area contributed by atoms with Gasteiger partial charge in [0.05, 0.1) is 0 Å². The molecule has 4 rings (SSSR count). The summed E-state index contributed by atoms with van der Waals surface area (Å²) in [6.07, 6.45) is 6.15. The molecule has 6 heteroatoms. The minimum Gasteiger partial charge on any atom is -0.459 e. The zero-order valence-electron chi connectivity index (χ0n) is 16.8. The van der Waals surface area contributed by atoms with Crippen molar-refractivity contribution in [1.29, 1.82) is 0 Å². The molecule has 1 fully saturated rings. The second-order valence-corrected chi connectivity index (χ2v) is 8.73. The van der Waals surface area contributed by atoms with Crippen LogP contribution >= 0.6 is 11.3 Å². The van der Waals surface area contributed by atoms with E-state index in [1.807, 2.05) is 19.1 Å². The van der Waals surface area contributed by atoms with E-state index in [0.717, 1.165) is 19.3 Å². The molecule has 1 aromatic carbocycles. The molecule has 1 saturated carbocycles. The van der Waals surface area contributed by atoms with Crippen LogP contribution in [0.3, 0.4) is 0 Å². The van der Waals surface area contributed by atoms with Gasteiger partial charge in [0.2, 0.25) is 6.29 Å². The molecule has 2 aliphatic rings. The predicted octanol–water partition coefficient (Wildman–Crippen LogP) is 4.32. The lowest BCUT2D eigenvalue weighted by atomic mass is 9.80. The first-order chi connectivity index (χ1) is 14.2. The Morgan fingerprint density at radius 1 is 1.34 bits per heavy atom. The maximum absolute atomic E-state index is 12.9. The summed E-state index contributed by atoms with van der Waals surface area (Å²) in [4.78, 5) is 12.9. The number of nitrogens with one attached hydrogen (secondary N) is 1. The van der Waals surface area contributed by atoms with E-state index in [1.54, 1.807) is 11.3 Å². The number of aliphatic hydroxyl groups excluding tert-OH is 1. The number of carbonyl (C=O) groups is 1. The topological polar surface area (TPSA) is 67.8 Å². The minimum absolute atomic E-state index is 0.00476. The van der Waals surface area contributed by atoms with Gasteiger partial charge in [-0.05, 0) is 67.5 Å². The molecule has 5 nitrogen and oxygen atoms in total. The Hall–Kier alpha value is -1.89. The zero-order valence-corrected chi connectivity index (χ0v) is 17.6. The number of allylic oxidation sites excluding steroid dienone is 1. The number of benzene rings is 1. The van der Waals surface area contributed by atoms with Crippen LogP contribution in [0.1, 0.15) is 50.5 Å². The molecule has 1 aliphatic heterocycles. The first-order valence-corrected chi connectivity index (χ1v) is 11.5. The molecule has 3 atom stereocenters. The van der Waals surface area contributed by atoms with Crippen molar-refractivity contribution in [3.8, 4) is 0 Å². The van der Waals surface area contributed by atoms with Gasteiger partial charge in [0.1, 0.15) is 0 Å². The normalized spacial score (nSPS) is 24.6. The summed E-state index contributed by atoms with van der Waals surface area (Å²) in [7, 11) is 0. The molecule has 2 heterocycles. The van der Waals surface area contributed by atoms with Crippen molar-refractivity contribution in [3.05, 3.63) is 47.0 Å². The molecular weight excluding hydrogens is 386 g/mol. The van der Waals surface area contributed by atoms with Crippen LogP contribution in [-0.2, 0) is 14.3 Å². The molecule has 0 saturated heterocycles. The fourth-order valence-corrected chi connectivity index (χ4v) is 5.20. The second kappa shape index (κ2) is 9.28. The number of thiophene rings is 1. The fraction of sp³-hybridized carbons (Fsp3) is 0.522. The van der Waals surface area contributed by atoms with E-state index in [2.05, 4.69) is 28.9 Å². The highest BCUT2D eigenvalue weighted by Crippen LogP contribution is 2.43. The Morgan fingerprint density at radius 3 is 2.90 bits per heavy atom. The van der Waals surface area contributed by atoms with Gasteiger partial charge in [0.25, 0.3) is 5.91 Å². The highest BCUT2D eigenvalue weighted by atomic mass is 32.1. The van der Waals surface area contributed by atoms with Crippen LogP contribution in [0.25, 0.3) is 10.1 Å². The largest absolute Gasteiger partial charge is 0.459 e. The van der Waals surface area contributed by atoms with Crippen LogP contribution in [0.5, 0.6) is 0 Å². The minimum atomic E-state index is -0.498. The summed E-state index contributed by atoms with van der Waals surface area (Å²) < 4.78 is 13.2. The Bertz CT molecular complexity index is 873. The Balaban J connectivity index is 1.70. The quantitative estimate of drug-likeness (QED) is 0.674. The van der Waals surface area contributed by atoms with Crippen LogP contribution in [0.15, 0.2) is 41.5 Å². The maximum Gasteiger partial charge on any atom is 0.286 e. The van der Waals surface area contributed by atoms with E-state index in [9.17, 15) is 9.90 Å². The van der Waals surface area contributed by atoms with Gasteiger partial charge in [0.15, 0.2) is 5.76 Å². The first-order valence-electron chi connectivity index (χ1n) is 10.6. The molecule has 0 unspecified atom stereocenters. The lowest BCUT2D eigenvalue weighted by Crippen LogP contribution is -2.43.